The summed E-state index contributed by atoms with van der Waals surface area (Å²) in [5.74, 6) is -0.670. The lowest BCUT2D eigenvalue weighted by Gasteiger charge is -2.26. The van der Waals surface area contributed by atoms with Crippen molar-refractivity contribution in [1.82, 2.24) is 14.7 Å². The van der Waals surface area contributed by atoms with Gasteiger partial charge in [-0.05, 0) is 23.6 Å². The summed E-state index contributed by atoms with van der Waals surface area (Å²) in [5.41, 5.74) is 1.92. The first-order valence-electron chi connectivity index (χ1n) is 8.89. The van der Waals surface area contributed by atoms with Crippen LogP contribution in [0.15, 0.2) is 30.5 Å². The topological polar surface area (TPSA) is 79.7 Å². The maximum atomic E-state index is 11.4. The van der Waals surface area contributed by atoms with Crippen molar-refractivity contribution in [3.8, 4) is 11.6 Å². The first kappa shape index (κ1) is 18.4. The lowest BCUT2D eigenvalue weighted by molar-refractivity contribution is -0.255. The highest BCUT2D eigenvalue weighted by atomic mass is 16.5. The number of aromatic nitrogens is 2. The van der Waals surface area contributed by atoms with Gasteiger partial charge in [0, 0.05) is 19.6 Å². The van der Waals surface area contributed by atoms with Crippen molar-refractivity contribution in [3.05, 3.63) is 41.6 Å². The van der Waals surface area contributed by atoms with Gasteiger partial charge in [0.25, 0.3) is 0 Å². The van der Waals surface area contributed by atoms with Crippen molar-refractivity contribution >= 4 is 5.97 Å². The van der Waals surface area contributed by atoms with Gasteiger partial charge < -0.3 is 19.4 Å². The van der Waals surface area contributed by atoms with Gasteiger partial charge in [-0.15, -0.1) is 0 Å². The van der Waals surface area contributed by atoms with E-state index < -0.39 is 5.97 Å². The highest BCUT2D eigenvalue weighted by Gasteiger charge is 2.16. The molecule has 0 radical (unpaired) electrons. The number of morpholine rings is 1. The van der Waals surface area contributed by atoms with Crippen molar-refractivity contribution in [2.45, 2.75) is 19.8 Å². The molecule has 1 aliphatic heterocycles. The molecule has 3 rings (SSSR count). The molecule has 1 aromatic heterocycles. The minimum atomic E-state index is -1.29. The fourth-order valence-corrected chi connectivity index (χ4v) is 2.90. The first-order valence-corrected chi connectivity index (χ1v) is 8.89. The van der Waals surface area contributed by atoms with E-state index in [0.29, 0.717) is 32.3 Å². The number of carbonyl (C=O) groups is 1. The summed E-state index contributed by atoms with van der Waals surface area (Å²) in [6.07, 6.45) is 1.27. The molecule has 0 unspecified atom stereocenters. The number of carboxylic acid groups (broad SMARTS) is 1. The number of carbonyl (C=O) groups excluding carboxylic acids is 1. The van der Waals surface area contributed by atoms with Gasteiger partial charge in [-0.25, -0.2) is 4.68 Å². The third-order valence-corrected chi connectivity index (χ3v) is 4.50. The Hall–Kier alpha value is -2.38. The highest BCUT2D eigenvalue weighted by molar-refractivity contribution is 5.88. The normalized spacial score (nSPS) is 15.3. The Bertz CT molecular complexity index is 734. The van der Waals surface area contributed by atoms with Crippen molar-refractivity contribution in [3.63, 3.8) is 0 Å². The van der Waals surface area contributed by atoms with Gasteiger partial charge in [0.1, 0.15) is 6.61 Å². The van der Waals surface area contributed by atoms with Gasteiger partial charge in [-0.2, -0.15) is 5.10 Å². The van der Waals surface area contributed by atoms with Crippen LogP contribution in [0.4, 0.5) is 0 Å². The zero-order chi connectivity index (χ0) is 18.5. The van der Waals surface area contributed by atoms with Crippen LogP contribution < -0.4 is 9.84 Å². The van der Waals surface area contributed by atoms with Gasteiger partial charge in [0.05, 0.1) is 36.6 Å². The molecule has 2 heterocycles. The predicted octanol–water partition coefficient (Wildman–Crippen LogP) is 1.07. The van der Waals surface area contributed by atoms with Crippen LogP contribution in [-0.4, -0.2) is 60.1 Å². The number of carboxylic acids is 1. The quantitative estimate of drug-likeness (QED) is 0.737. The van der Waals surface area contributed by atoms with Crippen LogP contribution in [-0.2, 0) is 4.74 Å². The van der Waals surface area contributed by atoms with Gasteiger partial charge in [0.15, 0.2) is 0 Å². The van der Waals surface area contributed by atoms with Crippen molar-refractivity contribution in [2.24, 2.45) is 0 Å². The Morgan fingerprint density at radius 3 is 2.58 bits per heavy atom. The molecule has 0 N–H and O–H groups in total. The lowest BCUT2D eigenvalue weighted by atomic mass is 10.0. The summed E-state index contributed by atoms with van der Waals surface area (Å²) in [7, 11) is 0. The zero-order valence-corrected chi connectivity index (χ0v) is 15.2. The minimum Gasteiger partial charge on any atom is -0.545 e. The second-order valence-electron chi connectivity index (χ2n) is 6.61. The van der Waals surface area contributed by atoms with E-state index in [4.69, 9.17) is 9.47 Å². The van der Waals surface area contributed by atoms with Crippen LogP contribution in [0, 0.1) is 0 Å². The number of hydrogen-bond acceptors (Lipinski definition) is 6. The summed E-state index contributed by atoms with van der Waals surface area (Å²) in [6.45, 7) is 8.45. The van der Waals surface area contributed by atoms with E-state index in [2.05, 4.69) is 23.8 Å². The number of hydrogen-bond donors (Lipinski definition) is 0. The molecule has 7 nitrogen and oxygen atoms in total. The molecule has 0 spiro atoms. The summed E-state index contributed by atoms with van der Waals surface area (Å²) >= 11 is 0. The van der Waals surface area contributed by atoms with Gasteiger partial charge in [-0.3, -0.25) is 4.90 Å². The Balaban J connectivity index is 1.76. The fraction of sp³-hybridized carbons (Fsp3) is 0.474. The summed E-state index contributed by atoms with van der Waals surface area (Å²) in [4.78, 5) is 13.6. The summed E-state index contributed by atoms with van der Waals surface area (Å²) in [5, 5.41) is 15.6. The number of aromatic carboxylic acids is 1. The molecule has 0 aliphatic carbocycles. The van der Waals surface area contributed by atoms with E-state index in [1.54, 1.807) is 0 Å². The van der Waals surface area contributed by atoms with Crippen molar-refractivity contribution in [2.75, 3.05) is 39.5 Å². The van der Waals surface area contributed by atoms with E-state index in [1.807, 2.05) is 24.3 Å². The molecule has 1 aromatic carbocycles. The number of nitrogens with zero attached hydrogens (tertiary/aromatic N) is 3. The van der Waals surface area contributed by atoms with Crippen LogP contribution in [0.3, 0.4) is 0 Å². The number of rotatable bonds is 7. The first-order chi connectivity index (χ1) is 12.6. The molecule has 0 amide bonds. The highest BCUT2D eigenvalue weighted by Crippen LogP contribution is 2.24. The zero-order valence-electron chi connectivity index (χ0n) is 15.2. The second kappa shape index (κ2) is 8.33. The van der Waals surface area contributed by atoms with E-state index in [-0.39, 0.29) is 11.4 Å². The monoisotopic (exact) mass is 358 g/mol. The summed E-state index contributed by atoms with van der Waals surface area (Å²) < 4.78 is 12.6. The molecule has 1 saturated heterocycles. The lowest BCUT2D eigenvalue weighted by Crippen LogP contribution is -2.38. The predicted molar refractivity (Wildman–Crippen MR) is 94.7 cm³/mol. The Labute approximate surface area is 153 Å². The maximum absolute atomic E-state index is 11.4. The third kappa shape index (κ3) is 4.23. The van der Waals surface area contributed by atoms with E-state index in [9.17, 15) is 9.90 Å². The molecule has 0 bridgehead atoms. The van der Waals surface area contributed by atoms with E-state index in [1.165, 1.54) is 16.4 Å². The number of benzene rings is 1. The van der Waals surface area contributed by atoms with Crippen molar-refractivity contribution in [1.29, 1.82) is 0 Å². The molecule has 26 heavy (non-hydrogen) atoms. The van der Waals surface area contributed by atoms with Crippen LogP contribution in [0.1, 0.15) is 35.7 Å². The van der Waals surface area contributed by atoms with Crippen molar-refractivity contribution < 1.29 is 19.4 Å². The Morgan fingerprint density at radius 1 is 1.27 bits per heavy atom. The molecule has 0 saturated carbocycles. The molecule has 1 fully saturated rings. The van der Waals surface area contributed by atoms with E-state index in [0.717, 1.165) is 18.8 Å². The largest absolute Gasteiger partial charge is 0.545 e. The molecular formula is C19H24N3O4-. The van der Waals surface area contributed by atoms with Gasteiger partial charge in [0.2, 0.25) is 5.88 Å². The van der Waals surface area contributed by atoms with Crippen LogP contribution in [0.2, 0.25) is 0 Å². The van der Waals surface area contributed by atoms with Gasteiger partial charge in [-0.1, -0.05) is 26.0 Å². The Kier molecular flexibility index (Phi) is 5.90. The van der Waals surface area contributed by atoms with Crippen LogP contribution >= 0.6 is 0 Å². The molecule has 1 aliphatic rings. The molecule has 0 atom stereocenters. The van der Waals surface area contributed by atoms with E-state index >= 15 is 0 Å². The maximum Gasteiger partial charge on any atom is 0.226 e. The standard InChI is InChI=1S/C19H25N3O4/c1-14(2)15-3-5-16(6-4-15)22-18(17(13-20-22)19(23)24)26-12-9-21-7-10-25-11-8-21/h3-6,13-14H,7-12H2,1-2H3,(H,23,24)/p-1. The Morgan fingerprint density at radius 2 is 1.96 bits per heavy atom. The average Bonchev–Trinajstić information content (AvgIpc) is 3.07. The second-order valence-corrected chi connectivity index (χ2v) is 6.61. The fourth-order valence-electron chi connectivity index (χ4n) is 2.90. The average molecular weight is 358 g/mol. The molecular weight excluding hydrogens is 334 g/mol. The minimum absolute atomic E-state index is 0.0417. The van der Waals surface area contributed by atoms with Gasteiger partial charge >= 0.3 is 0 Å². The molecule has 7 heteroatoms. The van der Waals surface area contributed by atoms with Crippen LogP contribution in [0.25, 0.3) is 5.69 Å². The SMILES string of the molecule is CC(C)c1ccc(-n2ncc(C(=O)[O-])c2OCCN2CCOCC2)cc1. The molecule has 2 aromatic rings. The van der Waals surface area contributed by atoms with Crippen LogP contribution in [0.5, 0.6) is 5.88 Å². The molecule has 140 valence electrons. The third-order valence-electron chi connectivity index (χ3n) is 4.50. The number of ether oxygens (including phenoxy) is 2. The summed E-state index contributed by atoms with van der Waals surface area (Å²) in [6, 6.07) is 7.85. The smallest absolute Gasteiger partial charge is 0.226 e.